The Hall–Kier alpha value is -3.82. The van der Waals surface area contributed by atoms with Crippen molar-refractivity contribution in [2.24, 2.45) is 7.05 Å². The highest BCUT2D eigenvalue weighted by molar-refractivity contribution is 6.04. The summed E-state index contributed by atoms with van der Waals surface area (Å²) in [5.41, 5.74) is 8.85. The molecule has 4 rings (SSSR count). The number of nitrogens with two attached hydrogens (primary N) is 1. The molecule has 0 saturated carbocycles. The molecule has 0 unspecified atom stereocenters. The van der Waals surface area contributed by atoms with E-state index < -0.39 is 18.1 Å². The minimum atomic E-state index is -0.725. The summed E-state index contributed by atoms with van der Waals surface area (Å²) in [5, 5.41) is 11.8. The van der Waals surface area contributed by atoms with Gasteiger partial charge in [0.1, 0.15) is 0 Å². The van der Waals surface area contributed by atoms with E-state index in [2.05, 4.69) is 5.32 Å². The molecule has 190 valence electrons. The van der Waals surface area contributed by atoms with Crippen LogP contribution in [0.3, 0.4) is 0 Å². The third-order valence-corrected chi connectivity index (χ3v) is 6.32. The third kappa shape index (κ3) is 5.37. The van der Waals surface area contributed by atoms with Crippen LogP contribution in [0.25, 0.3) is 5.69 Å². The second kappa shape index (κ2) is 11.3. The second-order valence-corrected chi connectivity index (χ2v) is 8.74. The van der Waals surface area contributed by atoms with Gasteiger partial charge in [-0.2, -0.15) is 0 Å². The number of aliphatic hydroxyl groups is 1. The van der Waals surface area contributed by atoms with E-state index in [9.17, 15) is 9.59 Å². The fraction of sp³-hybridized carbons (Fsp3) is 0.333. The van der Waals surface area contributed by atoms with Crippen LogP contribution in [0, 0.1) is 6.92 Å². The summed E-state index contributed by atoms with van der Waals surface area (Å²) < 4.78 is 15.2. The van der Waals surface area contributed by atoms with Gasteiger partial charge in [0.2, 0.25) is 6.29 Å². The van der Waals surface area contributed by atoms with Crippen molar-refractivity contribution in [1.29, 1.82) is 0 Å². The van der Waals surface area contributed by atoms with E-state index in [1.807, 2.05) is 49.0 Å². The Morgan fingerprint density at radius 3 is 2.61 bits per heavy atom. The van der Waals surface area contributed by atoms with Crippen molar-refractivity contribution in [2.75, 3.05) is 24.3 Å². The molecule has 0 spiro atoms. The normalized spacial score (nSPS) is 17.4. The summed E-state index contributed by atoms with van der Waals surface area (Å²) in [6.45, 7) is 2.33. The topological polar surface area (TPSA) is 121 Å². The van der Waals surface area contributed by atoms with Crippen LogP contribution in [0.2, 0.25) is 0 Å². The third-order valence-electron chi connectivity index (χ3n) is 6.32. The number of aromatic nitrogens is 2. The van der Waals surface area contributed by atoms with E-state index in [0.717, 1.165) is 11.4 Å². The number of nitrogens with zero attached hydrogens (tertiary/aromatic N) is 2. The van der Waals surface area contributed by atoms with Gasteiger partial charge in [0, 0.05) is 37.3 Å². The smallest absolute Gasteiger partial charge is 0.290 e. The molecule has 0 radical (unpaired) electrons. The molecule has 0 saturated heterocycles. The Balaban J connectivity index is 1.68. The van der Waals surface area contributed by atoms with Crippen LogP contribution < -0.4 is 16.6 Å². The first-order chi connectivity index (χ1) is 17.4. The number of rotatable bonds is 9. The molecule has 0 bridgehead atoms. The van der Waals surface area contributed by atoms with Crippen molar-refractivity contribution in [3.8, 4) is 5.69 Å². The Bertz CT molecular complexity index is 1300. The number of para-hydroxylation sites is 3. The van der Waals surface area contributed by atoms with Gasteiger partial charge in [0.05, 0.1) is 23.7 Å². The highest BCUT2D eigenvalue weighted by Crippen LogP contribution is 2.33. The van der Waals surface area contributed by atoms with E-state index in [4.69, 9.17) is 20.3 Å². The van der Waals surface area contributed by atoms with Crippen molar-refractivity contribution in [3.05, 3.63) is 88.0 Å². The number of benzene rings is 2. The summed E-state index contributed by atoms with van der Waals surface area (Å²) in [6, 6.07) is 16.4. The van der Waals surface area contributed by atoms with Crippen molar-refractivity contribution in [1.82, 2.24) is 9.36 Å². The van der Waals surface area contributed by atoms with Gasteiger partial charge in [0.25, 0.3) is 11.5 Å². The molecular weight excluding hydrogens is 460 g/mol. The fourth-order valence-electron chi connectivity index (χ4n) is 4.36. The van der Waals surface area contributed by atoms with Crippen LogP contribution in [0.1, 0.15) is 36.4 Å². The molecule has 1 amide bonds. The quantitative estimate of drug-likeness (QED) is 0.312. The first kappa shape index (κ1) is 25.3. The summed E-state index contributed by atoms with van der Waals surface area (Å²) >= 11 is 0. The van der Waals surface area contributed by atoms with Crippen molar-refractivity contribution >= 4 is 17.3 Å². The van der Waals surface area contributed by atoms with Gasteiger partial charge < -0.3 is 25.6 Å². The van der Waals surface area contributed by atoms with Gasteiger partial charge >= 0.3 is 0 Å². The van der Waals surface area contributed by atoms with E-state index in [1.54, 1.807) is 35.0 Å². The zero-order valence-corrected chi connectivity index (χ0v) is 20.5. The molecule has 2 aromatic carbocycles. The lowest BCUT2D eigenvalue weighted by atomic mass is 9.93. The van der Waals surface area contributed by atoms with Gasteiger partial charge in [-0.05, 0) is 50.1 Å². The summed E-state index contributed by atoms with van der Waals surface area (Å²) in [4.78, 5) is 26.8. The zero-order chi connectivity index (χ0) is 25.7. The molecule has 9 heteroatoms. The fourth-order valence-corrected chi connectivity index (χ4v) is 4.36. The Morgan fingerprint density at radius 2 is 1.89 bits per heavy atom. The van der Waals surface area contributed by atoms with E-state index >= 15 is 0 Å². The number of aliphatic hydroxyl groups excluding tert-OH is 1. The SMILES string of the molecule is Cc1c([C@H]2C=C(C(=O)Nc3ccccc3N)O[C@@H](OCCCCO)C2)c(=O)n(-c2ccccc2)n1C. The molecule has 2 heterocycles. The number of nitrogens with one attached hydrogen (secondary N) is 1. The number of unbranched alkanes of at least 4 members (excludes halogenated alkanes) is 1. The number of hydrogen-bond donors (Lipinski definition) is 3. The largest absolute Gasteiger partial charge is 0.459 e. The number of anilines is 2. The lowest BCUT2D eigenvalue weighted by Crippen LogP contribution is -2.31. The molecule has 1 aromatic heterocycles. The average molecular weight is 493 g/mol. The van der Waals surface area contributed by atoms with Crippen LogP contribution in [0.15, 0.2) is 71.2 Å². The molecule has 3 aromatic rings. The maximum atomic E-state index is 13.6. The number of carbonyl (C=O) groups is 1. The molecule has 2 atom stereocenters. The molecule has 9 nitrogen and oxygen atoms in total. The van der Waals surface area contributed by atoms with Crippen LogP contribution >= 0.6 is 0 Å². The minimum absolute atomic E-state index is 0.0653. The number of ether oxygens (including phenoxy) is 2. The summed E-state index contributed by atoms with van der Waals surface area (Å²) in [5.74, 6) is -0.812. The zero-order valence-electron chi connectivity index (χ0n) is 20.5. The molecule has 1 aliphatic heterocycles. The monoisotopic (exact) mass is 492 g/mol. The van der Waals surface area contributed by atoms with E-state index in [0.29, 0.717) is 42.8 Å². The Morgan fingerprint density at radius 1 is 1.17 bits per heavy atom. The molecule has 0 fully saturated rings. The molecular formula is C27H32N4O5. The maximum Gasteiger partial charge on any atom is 0.290 e. The highest BCUT2D eigenvalue weighted by Gasteiger charge is 2.33. The number of allylic oxidation sites excluding steroid dienone is 1. The van der Waals surface area contributed by atoms with Crippen LogP contribution in [0.5, 0.6) is 0 Å². The number of carbonyl (C=O) groups excluding carboxylic acids is 1. The predicted molar refractivity (Wildman–Crippen MR) is 138 cm³/mol. The predicted octanol–water partition coefficient (Wildman–Crippen LogP) is 3.21. The van der Waals surface area contributed by atoms with Crippen LogP contribution in [0.4, 0.5) is 11.4 Å². The van der Waals surface area contributed by atoms with Crippen LogP contribution in [-0.2, 0) is 21.3 Å². The number of hydrogen-bond acceptors (Lipinski definition) is 6. The van der Waals surface area contributed by atoms with E-state index in [1.165, 1.54) is 0 Å². The summed E-state index contributed by atoms with van der Waals surface area (Å²) in [7, 11) is 1.84. The van der Waals surface area contributed by atoms with Crippen molar-refractivity contribution < 1.29 is 19.4 Å². The van der Waals surface area contributed by atoms with Gasteiger partial charge in [-0.1, -0.05) is 30.3 Å². The molecule has 0 aliphatic carbocycles. The lowest BCUT2D eigenvalue weighted by Gasteiger charge is -2.29. The van der Waals surface area contributed by atoms with Gasteiger partial charge in [-0.15, -0.1) is 0 Å². The van der Waals surface area contributed by atoms with Gasteiger partial charge in [-0.25, -0.2) is 4.68 Å². The molecule has 4 N–H and O–H groups in total. The van der Waals surface area contributed by atoms with Gasteiger partial charge in [-0.3, -0.25) is 14.3 Å². The maximum absolute atomic E-state index is 13.6. The lowest BCUT2D eigenvalue weighted by molar-refractivity contribution is -0.143. The second-order valence-electron chi connectivity index (χ2n) is 8.74. The van der Waals surface area contributed by atoms with Gasteiger partial charge in [0.15, 0.2) is 5.76 Å². The highest BCUT2D eigenvalue weighted by atomic mass is 16.7. The van der Waals surface area contributed by atoms with Crippen LogP contribution in [-0.4, -0.2) is 39.9 Å². The molecule has 1 aliphatic rings. The Kier molecular flexibility index (Phi) is 7.92. The first-order valence-electron chi connectivity index (χ1n) is 12.0. The summed E-state index contributed by atoms with van der Waals surface area (Å²) in [6.07, 6.45) is 2.58. The first-order valence-corrected chi connectivity index (χ1v) is 12.0. The van der Waals surface area contributed by atoms with E-state index in [-0.39, 0.29) is 17.9 Å². The number of nitrogen functional groups attached to an aromatic ring is 1. The standard InChI is InChI=1S/C27H32N4O5/c1-18-25(27(34)31(30(18)2)20-10-4-3-5-11-20)19-16-23(36-24(17-19)35-15-9-8-14-32)26(33)29-22-13-7-6-12-21(22)28/h3-7,10-13,16,19,24,32H,8-9,14-15,17,28H2,1-2H3,(H,29,33)/t19-,24+/m0/s1. The minimum Gasteiger partial charge on any atom is -0.459 e. The molecule has 36 heavy (non-hydrogen) atoms. The number of amides is 1. The van der Waals surface area contributed by atoms with Crippen molar-refractivity contribution in [3.63, 3.8) is 0 Å². The van der Waals surface area contributed by atoms with Crippen molar-refractivity contribution in [2.45, 2.75) is 38.4 Å². The Labute approximate surface area is 209 Å². The average Bonchev–Trinajstić information content (AvgIpc) is 3.11.